The third-order valence-corrected chi connectivity index (χ3v) is 4.33. The molecule has 0 aliphatic carbocycles. The highest BCUT2D eigenvalue weighted by molar-refractivity contribution is 5.93. The van der Waals surface area contributed by atoms with E-state index in [-0.39, 0.29) is 30.1 Å². The summed E-state index contributed by atoms with van der Waals surface area (Å²) in [5, 5.41) is 0. The van der Waals surface area contributed by atoms with Crippen molar-refractivity contribution in [3.05, 3.63) is 17.9 Å². The number of rotatable bonds is 4. The lowest BCUT2D eigenvalue weighted by atomic mass is 10.2. The molecule has 1 aliphatic heterocycles. The molecule has 2 aromatic rings. The second-order valence-corrected chi connectivity index (χ2v) is 6.70. The number of carbonyl (C=O) groups is 1. The van der Waals surface area contributed by atoms with Crippen LogP contribution in [0.2, 0.25) is 0 Å². The van der Waals surface area contributed by atoms with Gasteiger partial charge in [0.05, 0.1) is 37.0 Å². The summed E-state index contributed by atoms with van der Waals surface area (Å²) in [5.74, 6) is 5.78. The van der Waals surface area contributed by atoms with Crippen LogP contribution in [0.3, 0.4) is 0 Å². The summed E-state index contributed by atoms with van der Waals surface area (Å²) >= 11 is 0. The summed E-state index contributed by atoms with van der Waals surface area (Å²) < 4.78 is 26.6. The molecular weight excluding hydrogens is 349 g/mol. The van der Waals surface area contributed by atoms with Gasteiger partial charge in [-0.3, -0.25) is 4.79 Å². The predicted octanol–water partition coefficient (Wildman–Crippen LogP) is 3.10. The van der Waals surface area contributed by atoms with Crippen molar-refractivity contribution < 1.29 is 18.7 Å². The van der Waals surface area contributed by atoms with E-state index >= 15 is 0 Å². The topological polar surface area (TPSA) is 56.6 Å². The van der Waals surface area contributed by atoms with Gasteiger partial charge in [0, 0.05) is 37.9 Å². The molecule has 0 unspecified atom stereocenters. The molecule has 0 bridgehead atoms. The zero-order valence-electron chi connectivity index (χ0n) is 15.9. The van der Waals surface area contributed by atoms with Gasteiger partial charge in [-0.15, -0.1) is 11.8 Å². The molecule has 1 fully saturated rings. The molecule has 7 heteroatoms. The van der Waals surface area contributed by atoms with Crippen molar-refractivity contribution in [2.75, 3.05) is 38.3 Å². The monoisotopic (exact) mass is 373 g/mol. The number of nitrogens with zero attached hydrogens (tertiary/aromatic N) is 3. The highest BCUT2D eigenvalue weighted by atomic mass is 19.1. The third-order valence-electron chi connectivity index (χ3n) is 4.33. The molecule has 144 valence electrons. The van der Waals surface area contributed by atoms with Crippen LogP contribution in [0, 0.1) is 23.6 Å². The van der Waals surface area contributed by atoms with Crippen LogP contribution in [-0.2, 0) is 4.74 Å². The maximum absolute atomic E-state index is 14.6. The highest BCUT2D eigenvalue weighted by Gasteiger charge is 2.22. The van der Waals surface area contributed by atoms with Crippen LogP contribution < -0.4 is 9.64 Å². The van der Waals surface area contributed by atoms with Crippen molar-refractivity contribution in [1.82, 2.24) is 9.55 Å². The molecule has 6 nitrogen and oxygen atoms in total. The van der Waals surface area contributed by atoms with Gasteiger partial charge >= 0.3 is 6.01 Å². The Balaban J connectivity index is 1.95. The number of methoxy groups -OCH3 is 1. The molecular formula is C20H24FN3O3. The molecule has 0 saturated carbocycles. The van der Waals surface area contributed by atoms with Crippen molar-refractivity contribution in [3.63, 3.8) is 0 Å². The van der Waals surface area contributed by atoms with Crippen molar-refractivity contribution in [2.24, 2.45) is 5.92 Å². The van der Waals surface area contributed by atoms with Gasteiger partial charge in [-0.2, -0.15) is 4.98 Å². The summed E-state index contributed by atoms with van der Waals surface area (Å²) in [4.78, 5) is 18.9. The number of hydrogen-bond acceptors (Lipinski definition) is 5. The fourth-order valence-corrected chi connectivity index (χ4v) is 3.05. The summed E-state index contributed by atoms with van der Waals surface area (Å²) in [5.41, 5.74) is 1.38. The van der Waals surface area contributed by atoms with Crippen molar-refractivity contribution >= 4 is 22.6 Å². The van der Waals surface area contributed by atoms with Crippen molar-refractivity contribution in [1.29, 1.82) is 0 Å². The number of carbonyl (C=O) groups excluding carboxylic acids is 1. The number of hydrogen-bond donors (Lipinski definition) is 0. The maximum atomic E-state index is 14.6. The smallest absolute Gasteiger partial charge is 0.304 e. The molecule has 1 aliphatic rings. The Morgan fingerprint density at radius 3 is 2.78 bits per heavy atom. The molecule has 27 heavy (non-hydrogen) atoms. The van der Waals surface area contributed by atoms with Gasteiger partial charge in [-0.25, -0.2) is 8.96 Å². The lowest BCUT2D eigenvalue weighted by molar-refractivity contribution is 0.0898. The van der Waals surface area contributed by atoms with E-state index in [1.165, 1.54) is 17.7 Å². The van der Waals surface area contributed by atoms with Crippen LogP contribution in [0.25, 0.3) is 11.0 Å². The normalized spacial score (nSPS) is 14.3. The fraction of sp³-hybridized carbons (Fsp3) is 0.500. The van der Waals surface area contributed by atoms with E-state index in [1.807, 2.05) is 18.7 Å². The van der Waals surface area contributed by atoms with E-state index in [1.54, 1.807) is 6.07 Å². The largest absolute Gasteiger partial charge is 0.468 e. The van der Waals surface area contributed by atoms with Gasteiger partial charge < -0.3 is 14.4 Å². The molecule has 0 radical (unpaired) electrons. The summed E-state index contributed by atoms with van der Waals surface area (Å²) in [6.45, 7) is 6.31. The average Bonchev–Trinajstić information content (AvgIpc) is 3.02. The Labute approximate surface area is 158 Å². The SMILES string of the molecule is COc1nc2cc(F)c(N3CCOCC3)cc2n1C(=O)CCC#CC(C)C. The first kappa shape index (κ1) is 19.2. The third kappa shape index (κ3) is 4.22. The van der Waals surface area contributed by atoms with Gasteiger partial charge in [0.1, 0.15) is 5.82 Å². The van der Waals surface area contributed by atoms with Crippen molar-refractivity contribution in [3.8, 4) is 17.9 Å². The Morgan fingerprint density at radius 1 is 1.37 bits per heavy atom. The molecule has 0 N–H and O–H groups in total. The summed E-state index contributed by atoms with van der Waals surface area (Å²) in [6, 6.07) is 3.18. The minimum absolute atomic E-state index is 0.158. The van der Waals surface area contributed by atoms with Gasteiger partial charge in [0.15, 0.2) is 0 Å². The zero-order valence-corrected chi connectivity index (χ0v) is 15.9. The number of anilines is 1. The first-order valence-electron chi connectivity index (χ1n) is 9.11. The predicted molar refractivity (Wildman–Crippen MR) is 102 cm³/mol. The number of fused-ring (bicyclic) bond motifs is 1. The second kappa shape index (κ2) is 8.40. The standard InChI is InChI=1S/C20H24FN3O3/c1-14(2)6-4-5-7-19(25)24-18-13-17(23-8-10-27-11-9-23)15(21)12-16(18)22-20(24)26-3/h12-14H,5,7-11H2,1-3H3. The summed E-state index contributed by atoms with van der Waals surface area (Å²) in [7, 11) is 1.45. The fourth-order valence-electron chi connectivity index (χ4n) is 3.05. The Morgan fingerprint density at radius 2 is 2.11 bits per heavy atom. The number of halogens is 1. The molecule has 1 aromatic carbocycles. The Bertz CT molecular complexity index is 889. The van der Waals surface area contributed by atoms with E-state index in [4.69, 9.17) is 9.47 Å². The lowest BCUT2D eigenvalue weighted by Crippen LogP contribution is -2.36. The first-order valence-corrected chi connectivity index (χ1v) is 9.11. The van der Waals surface area contributed by atoms with Gasteiger partial charge in [-0.05, 0) is 6.07 Å². The second-order valence-electron chi connectivity index (χ2n) is 6.70. The Kier molecular flexibility index (Phi) is 5.97. The zero-order chi connectivity index (χ0) is 19.4. The number of benzene rings is 1. The molecule has 1 aromatic heterocycles. The van der Waals surface area contributed by atoms with E-state index in [0.29, 0.717) is 49.4 Å². The molecule has 3 rings (SSSR count). The van der Waals surface area contributed by atoms with Crippen LogP contribution in [0.4, 0.5) is 10.1 Å². The molecule has 0 spiro atoms. The molecule has 1 saturated heterocycles. The molecule has 0 amide bonds. The van der Waals surface area contributed by atoms with Crippen LogP contribution >= 0.6 is 0 Å². The number of ether oxygens (including phenoxy) is 2. The number of imidazole rings is 1. The summed E-state index contributed by atoms with van der Waals surface area (Å²) in [6.07, 6.45) is 0.698. The van der Waals surface area contributed by atoms with E-state index in [9.17, 15) is 9.18 Å². The maximum Gasteiger partial charge on any atom is 0.304 e. The van der Waals surface area contributed by atoms with E-state index in [2.05, 4.69) is 16.8 Å². The Hall–Kier alpha value is -2.59. The quantitative estimate of drug-likeness (QED) is 0.771. The van der Waals surface area contributed by atoms with Crippen LogP contribution in [-0.4, -0.2) is 48.9 Å². The lowest BCUT2D eigenvalue weighted by Gasteiger charge is -2.29. The van der Waals surface area contributed by atoms with Crippen LogP contribution in [0.15, 0.2) is 12.1 Å². The number of morpholine rings is 1. The number of aromatic nitrogens is 2. The van der Waals surface area contributed by atoms with Crippen molar-refractivity contribution in [2.45, 2.75) is 26.7 Å². The molecule has 0 atom stereocenters. The van der Waals surface area contributed by atoms with Gasteiger partial charge in [0.2, 0.25) is 5.91 Å². The van der Waals surface area contributed by atoms with Gasteiger partial charge in [-0.1, -0.05) is 13.8 Å². The minimum atomic E-state index is -0.369. The van der Waals surface area contributed by atoms with Gasteiger partial charge in [0.25, 0.3) is 0 Å². The van der Waals surface area contributed by atoms with Crippen LogP contribution in [0.5, 0.6) is 6.01 Å². The van der Waals surface area contributed by atoms with Crippen LogP contribution in [0.1, 0.15) is 31.5 Å². The molecule has 2 heterocycles. The van der Waals surface area contributed by atoms with E-state index in [0.717, 1.165) is 0 Å². The first-order chi connectivity index (χ1) is 13.0. The van der Waals surface area contributed by atoms with E-state index < -0.39 is 0 Å². The average molecular weight is 373 g/mol. The highest BCUT2D eigenvalue weighted by Crippen LogP contribution is 2.29. The minimum Gasteiger partial charge on any atom is -0.468 e.